The van der Waals surface area contributed by atoms with E-state index in [-0.39, 0.29) is 0 Å². The van der Waals surface area contributed by atoms with Gasteiger partial charge in [0.25, 0.3) is 0 Å². The van der Waals surface area contributed by atoms with Crippen LogP contribution in [0.5, 0.6) is 5.75 Å². The van der Waals surface area contributed by atoms with Gasteiger partial charge in [-0.15, -0.1) is 0 Å². The maximum Gasteiger partial charge on any atom is 0.122 e. The molecule has 3 nitrogen and oxygen atoms in total. The molecule has 0 aliphatic carbocycles. The Morgan fingerprint density at radius 3 is 3.00 bits per heavy atom. The fourth-order valence-electron chi connectivity index (χ4n) is 2.70. The maximum absolute atomic E-state index is 10.2. The summed E-state index contributed by atoms with van der Waals surface area (Å²) in [5.41, 5.74) is 4.65. The van der Waals surface area contributed by atoms with Crippen LogP contribution >= 0.6 is 0 Å². The standard InChI is InChI=1S/C18H21NO2/c1-13-3-2-4-15(9-13)17(20)12-19-11-14-5-6-18-16(10-14)7-8-21-18/h2-6,9-10,17,19-20H,7-8,11-12H2,1H3. The molecular formula is C18H21NO2. The highest BCUT2D eigenvalue weighted by Gasteiger charge is 2.12. The number of hydrogen-bond acceptors (Lipinski definition) is 3. The highest BCUT2D eigenvalue weighted by Crippen LogP contribution is 2.25. The Balaban J connectivity index is 1.54. The van der Waals surface area contributed by atoms with E-state index in [9.17, 15) is 5.11 Å². The molecule has 2 N–H and O–H groups in total. The monoisotopic (exact) mass is 283 g/mol. The minimum Gasteiger partial charge on any atom is -0.493 e. The Kier molecular flexibility index (Phi) is 4.23. The Bertz CT molecular complexity index is 624. The first-order valence-electron chi connectivity index (χ1n) is 7.42. The molecule has 0 saturated carbocycles. The summed E-state index contributed by atoms with van der Waals surface area (Å²) >= 11 is 0. The highest BCUT2D eigenvalue weighted by atomic mass is 16.5. The molecule has 0 amide bonds. The molecule has 1 atom stereocenters. The van der Waals surface area contributed by atoms with Crippen molar-refractivity contribution >= 4 is 0 Å². The zero-order chi connectivity index (χ0) is 14.7. The lowest BCUT2D eigenvalue weighted by Gasteiger charge is -2.13. The number of ether oxygens (including phenoxy) is 1. The van der Waals surface area contributed by atoms with Crippen LogP contribution in [0.2, 0.25) is 0 Å². The molecule has 2 aromatic carbocycles. The number of hydrogen-bond donors (Lipinski definition) is 2. The van der Waals surface area contributed by atoms with Crippen molar-refractivity contribution in [2.75, 3.05) is 13.2 Å². The van der Waals surface area contributed by atoms with Crippen molar-refractivity contribution in [1.29, 1.82) is 0 Å². The number of aliphatic hydroxyl groups is 1. The highest BCUT2D eigenvalue weighted by molar-refractivity contribution is 5.39. The first-order valence-corrected chi connectivity index (χ1v) is 7.42. The summed E-state index contributed by atoms with van der Waals surface area (Å²) in [7, 11) is 0. The van der Waals surface area contributed by atoms with Crippen molar-refractivity contribution in [1.82, 2.24) is 5.32 Å². The molecule has 0 radical (unpaired) electrons. The van der Waals surface area contributed by atoms with Gasteiger partial charge in [0, 0.05) is 19.5 Å². The summed E-state index contributed by atoms with van der Waals surface area (Å²) in [6.45, 7) is 4.14. The normalized spacial score (nSPS) is 14.6. The van der Waals surface area contributed by atoms with Crippen LogP contribution in [0.3, 0.4) is 0 Å². The number of rotatable bonds is 5. The van der Waals surface area contributed by atoms with Crippen LogP contribution in [0.4, 0.5) is 0 Å². The second-order valence-corrected chi connectivity index (χ2v) is 5.60. The van der Waals surface area contributed by atoms with Gasteiger partial charge in [0.1, 0.15) is 5.75 Å². The Morgan fingerprint density at radius 2 is 2.14 bits per heavy atom. The van der Waals surface area contributed by atoms with Gasteiger partial charge in [-0.2, -0.15) is 0 Å². The van der Waals surface area contributed by atoms with E-state index in [1.54, 1.807) is 0 Å². The van der Waals surface area contributed by atoms with Gasteiger partial charge in [-0.1, -0.05) is 42.0 Å². The lowest BCUT2D eigenvalue weighted by Crippen LogP contribution is -2.21. The summed E-state index contributed by atoms with van der Waals surface area (Å²) < 4.78 is 5.50. The van der Waals surface area contributed by atoms with Gasteiger partial charge < -0.3 is 15.2 Å². The van der Waals surface area contributed by atoms with Gasteiger partial charge >= 0.3 is 0 Å². The predicted molar refractivity (Wildman–Crippen MR) is 83.5 cm³/mol. The Morgan fingerprint density at radius 1 is 1.24 bits per heavy atom. The van der Waals surface area contributed by atoms with Crippen LogP contribution in [-0.4, -0.2) is 18.3 Å². The molecule has 110 valence electrons. The Labute approximate surface area is 125 Å². The van der Waals surface area contributed by atoms with E-state index in [0.29, 0.717) is 6.54 Å². The average Bonchev–Trinajstić information content (AvgIpc) is 2.94. The van der Waals surface area contributed by atoms with E-state index in [0.717, 1.165) is 30.9 Å². The number of fused-ring (bicyclic) bond motifs is 1. The van der Waals surface area contributed by atoms with Gasteiger partial charge in [0.05, 0.1) is 12.7 Å². The van der Waals surface area contributed by atoms with E-state index in [1.807, 2.05) is 37.3 Å². The molecule has 0 spiro atoms. The molecule has 3 heteroatoms. The summed E-state index contributed by atoms with van der Waals surface area (Å²) in [4.78, 5) is 0. The summed E-state index contributed by atoms with van der Waals surface area (Å²) in [5, 5.41) is 13.5. The molecule has 1 aliphatic heterocycles. The molecule has 0 aromatic heterocycles. The van der Waals surface area contributed by atoms with E-state index in [4.69, 9.17) is 4.74 Å². The number of benzene rings is 2. The zero-order valence-electron chi connectivity index (χ0n) is 12.3. The van der Waals surface area contributed by atoms with Gasteiger partial charge in [-0.05, 0) is 29.7 Å². The molecule has 3 rings (SSSR count). The first-order chi connectivity index (χ1) is 10.2. The van der Waals surface area contributed by atoms with E-state index in [2.05, 4.69) is 17.4 Å². The largest absolute Gasteiger partial charge is 0.493 e. The van der Waals surface area contributed by atoms with Crippen LogP contribution in [0.1, 0.15) is 28.4 Å². The number of aryl methyl sites for hydroxylation is 1. The van der Waals surface area contributed by atoms with Crippen LogP contribution in [0.25, 0.3) is 0 Å². The summed E-state index contributed by atoms with van der Waals surface area (Å²) in [6.07, 6.45) is 0.525. The van der Waals surface area contributed by atoms with Gasteiger partial charge in [0.15, 0.2) is 0 Å². The third kappa shape index (κ3) is 3.43. The van der Waals surface area contributed by atoms with E-state index in [1.165, 1.54) is 16.7 Å². The van der Waals surface area contributed by atoms with Crippen molar-refractivity contribution in [2.45, 2.75) is 26.0 Å². The second kappa shape index (κ2) is 6.29. The van der Waals surface area contributed by atoms with Crippen molar-refractivity contribution in [3.63, 3.8) is 0 Å². The van der Waals surface area contributed by atoms with Crippen molar-refractivity contribution in [3.05, 3.63) is 64.7 Å². The topological polar surface area (TPSA) is 41.5 Å². The van der Waals surface area contributed by atoms with Gasteiger partial charge in [-0.25, -0.2) is 0 Å². The quantitative estimate of drug-likeness (QED) is 0.886. The molecule has 2 aromatic rings. The van der Waals surface area contributed by atoms with Crippen molar-refractivity contribution in [2.24, 2.45) is 0 Å². The molecule has 0 saturated heterocycles. The lowest BCUT2D eigenvalue weighted by atomic mass is 10.1. The van der Waals surface area contributed by atoms with E-state index < -0.39 is 6.10 Å². The maximum atomic E-state index is 10.2. The van der Waals surface area contributed by atoms with Gasteiger partial charge in [0.2, 0.25) is 0 Å². The molecule has 0 fully saturated rings. The Hall–Kier alpha value is -1.84. The fourth-order valence-corrected chi connectivity index (χ4v) is 2.70. The molecule has 21 heavy (non-hydrogen) atoms. The minimum absolute atomic E-state index is 0.470. The van der Waals surface area contributed by atoms with Crippen LogP contribution in [0.15, 0.2) is 42.5 Å². The molecule has 1 unspecified atom stereocenters. The summed E-state index contributed by atoms with van der Waals surface area (Å²) in [6, 6.07) is 14.3. The lowest BCUT2D eigenvalue weighted by molar-refractivity contribution is 0.174. The van der Waals surface area contributed by atoms with E-state index >= 15 is 0 Å². The number of nitrogens with one attached hydrogen (secondary N) is 1. The average molecular weight is 283 g/mol. The fraction of sp³-hybridized carbons (Fsp3) is 0.333. The van der Waals surface area contributed by atoms with Crippen molar-refractivity contribution < 1.29 is 9.84 Å². The smallest absolute Gasteiger partial charge is 0.122 e. The predicted octanol–water partition coefficient (Wildman–Crippen LogP) is 2.75. The molecule has 1 heterocycles. The third-order valence-electron chi connectivity index (χ3n) is 3.85. The van der Waals surface area contributed by atoms with Crippen LogP contribution in [-0.2, 0) is 13.0 Å². The van der Waals surface area contributed by atoms with Crippen LogP contribution < -0.4 is 10.1 Å². The SMILES string of the molecule is Cc1cccc(C(O)CNCc2ccc3c(c2)CCO3)c1. The van der Waals surface area contributed by atoms with Crippen LogP contribution in [0, 0.1) is 6.92 Å². The zero-order valence-corrected chi connectivity index (χ0v) is 12.3. The number of aliphatic hydroxyl groups excluding tert-OH is 1. The van der Waals surface area contributed by atoms with Gasteiger partial charge in [-0.3, -0.25) is 0 Å². The molecule has 0 bridgehead atoms. The van der Waals surface area contributed by atoms with Crippen molar-refractivity contribution in [3.8, 4) is 5.75 Å². The molecule has 1 aliphatic rings. The third-order valence-corrected chi connectivity index (χ3v) is 3.85. The first kappa shape index (κ1) is 14.1. The minimum atomic E-state index is -0.470. The second-order valence-electron chi connectivity index (χ2n) is 5.60. The molecular weight excluding hydrogens is 262 g/mol. The summed E-state index contributed by atoms with van der Waals surface area (Å²) in [5.74, 6) is 1.01.